The van der Waals surface area contributed by atoms with Crippen molar-refractivity contribution in [1.29, 1.82) is 0 Å². The summed E-state index contributed by atoms with van der Waals surface area (Å²) in [6.07, 6.45) is 6.75. The molecule has 0 aromatic carbocycles. The Kier molecular flexibility index (Phi) is 4.24. The topological polar surface area (TPSA) is 81.2 Å². The summed E-state index contributed by atoms with van der Waals surface area (Å²) in [4.78, 5) is 26.8. The van der Waals surface area contributed by atoms with Gasteiger partial charge in [-0.1, -0.05) is 0 Å². The first-order valence-electron chi connectivity index (χ1n) is 7.33. The SMILES string of the molecule is NC(=O)c1ccc(C(=O)N2CCCC[C@@H]2Cn2cccn2)s1. The lowest BCUT2D eigenvalue weighted by Crippen LogP contribution is -2.45. The summed E-state index contributed by atoms with van der Waals surface area (Å²) < 4.78 is 1.86. The van der Waals surface area contributed by atoms with Gasteiger partial charge in [0.15, 0.2) is 0 Å². The standard InChI is InChI=1S/C15H18N4O2S/c16-14(20)12-5-6-13(22-12)15(21)19-9-2-1-4-11(19)10-18-8-3-7-17-18/h3,5-8,11H,1-2,4,9-10H2,(H2,16,20)/t11-/m1/s1. The summed E-state index contributed by atoms with van der Waals surface area (Å²) in [5.41, 5.74) is 5.26. The van der Waals surface area contributed by atoms with Gasteiger partial charge in [0, 0.05) is 18.9 Å². The third kappa shape index (κ3) is 3.04. The van der Waals surface area contributed by atoms with Gasteiger partial charge in [0.2, 0.25) is 0 Å². The van der Waals surface area contributed by atoms with Crippen LogP contribution in [0.1, 0.15) is 38.6 Å². The third-order valence-corrected chi connectivity index (χ3v) is 4.99. The molecule has 0 bridgehead atoms. The minimum atomic E-state index is -0.490. The van der Waals surface area contributed by atoms with E-state index in [1.807, 2.05) is 21.8 Å². The number of nitrogens with zero attached hydrogens (tertiary/aromatic N) is 3. The van der Waals surface area contributed by atoms with Gasteiger partial charge in [-0.25, -0.2) is 0 Å². The van der Waals surface area contributed by atoms with E-state index < -0.39 is 5.91 Å². The number of hydrogen-bond donors (Lipinski definition) is 1. The van der Waals surface area contributed by atoms with Crippen LogP contribution in [0.4, 0.5) is 0 Å². The van der Waals surface area contributed by atoms with Crippen LogP contribution in [0.15, 0.2) is 30.6 Å². The predicted octanol–water partition coefficient (Wildman–Crippen LogP) is 1.74. The Hall–Kier alpha value is -2.15. The maximum atomic E-state index is 12.7. The van der Waals surface area contributed by atoms with Gasteiger partial charge >= 0.3 is 0 Å². The van der Waals surface area contributed by atoms with Crippen LogP contribution in [0.3, 0.4) is 0 Å². The highest BCUT2D eigenvalue weighted by Crippen LogP contribution is 2.24. The molecule has 1 fully saturated rings. The van der Waals surface area contributed by atoms with Crippen LogP contribution in [0.2, 0.25) is 0 Å². The lowest BCUT2D eigenvalue weighted by atomic mass is 10.0. The molecule has 1 atom stereocenters. The molecule has 7 heteroatoms. The fourth-order valence-corrected chi connectivity index (χ4v) is 3.62. The lowest BCUT2D eigenvalue weighted by Gasteiger charge is -2.35. The zero-order valence-corrected chi connectivity index (χ0v) is 13.0. The monoisotopic (exact) mass is 318 g/mol. The quantitative estimate of drug-likeness (QED) is 0.932. The molecule has 3 rings (SSSR count). The molecule has 0 unspecified atom stereocenters. The second kappa shape index (κ2) is 6.31. The van der Waals surface area contributed by atoms with Crippen molar-refractivity contribution >= 4 is 23.2 Å². The van der Waals surface area contributed by atoms with Crippen molar-refractivity contribution in [2.75, 3.05) is 6.54 Å². The van der Waals surface area contributed by atoms with Crippen molar-refractivity contribution in [2.24, 2.45) is 5.73 Å². The van der Waals surface area contributed by atoms with Crippen LogP contribution in [-0.2, 0) is 6.54 Å². The van der Waals surface area contributed by atoms with E-state index in [2.05, 4.69) is 5.10 Å². The Labute approximate surface area is 132 Å². The molecule has 1 aliphatic heterocycles. The second-order valence-corrected chi connectivity index (χ2v) is 6.49. The largest absolute Gasteiger partial charge is 0.365 e. The number of carbonyl (C=O) groups is 2. The van der Waals surface area contributed by atoms with E-state index in [4.69, 9.17) is 5.73 Å². The summed E-state index contributed by atoms with van der Waals surface area (Å²) >= 11 is 1.16. The molecule has 2 N–H and O–H groups in total. The first-order chi connectivity index (χ1) is 10.6. The third-order valence-electron chi connectivity index (χ3n) is 3.90. The fourth-order valence-electron chi connectivity index (χ4n) is 2.81. The van der Waals surface area contributed by atoms with E-state index in [9.17, 15) is 9.59 Å². The summed E-state index contributed by atoms with van der Waals surface area (Å²) in [6.45, 7) is 1.45. The second-order valence-electron chi connectivity index (χ2n) is 5.40. The molecule has 0 saturated carbocycles. The maximum Gasteiger partial charge on any atom is 0.264 e. The van der Waals surface area contributed by atoms with Gasteiger partial charge in [0.25, 0.3) is 11.8 Å². The van der Waals surface area contributed by atoms with Crippen molar-refractivity contribution in [3.05, 3.63) is 40.3 Å². The molecule has 3 heterocycles. The predicted molar refractivity (Wildman–Crippen MR) is 83.7 cm³/mol. The van der Waals surface area contributed by atoms with Gasteiger partial charge in [-0.3, -0.25) is 14.3 Å². The van der Waals surface area contributed by atoms with Gasteiger partial charge < -0.3 is 10.6 Å². The average Bonchev–Trinajstić information content (AvgIpc) is 3.18. The number of hydrogen-bond acceptors (Lipinski definition) is 4. The summed E-state index contributed by atoms with van der Waals surface area (Å²) in [7, 11) is 0. The van der Waals surface area contributed by atoms with Gasteiger partial charge in [-0.2, -0.15) is 5.10 Å². The molecule has 0 spiro atoms. The van der Waals surface area contributed by atoms with Crippen molar-refractivity contribution in [3.8, 4) is 0 Å². The van der Waals surface area contributed by atoms with Gasteiger partial charge in [-0.05, 0) is 37.5 Å². The van der Waals surface area contributed by atoms with Gasteiger partial charge in [0.1, 0.15) is 0 Å². The normalized spacial score (nSPS) is 18.4. The van der Waals surface area contributed by atoms with Crippen LogP contribution in [0, 0.1) is 0 Å². The molecule has 2 aromatic heterocycles. The number of primary amides is 1. The van der Waals surface area contributed by atoms with E-state index in [1.54, 1.807) is 18.3 Å². The Morgan fingerprint density at radius 3 is 2.82 bits per heavy atom. The molecule has 2 aromatic rings. The Balaban J connectivity index is 1.77. The molecular weight excluding hydrogens is 300 g/mol. The van der Waals surface area contributed by atoms with E-state index in [0.29, 0.717) is 16.3 Å². The summed E-state index contributed by atoms with van der Waals surface area (Å²) in [5, 5.41) is 4.22. The molecule has 1 saturated heterocycles. The molecular formula is C15H18N4O2S. The highest BCUT2D eigenvalue weighted by atomic mass is 32.1. The zero-order valence-electron chi connectivity index (χ0n) is 12.1. The average molecular weight is 318 g/mol. The highest BCUT2D eigenvalue weighted by Gasteiger charge is 2.28. The summed E-state index contributed by atoms with van der Waals surface area (Å²) in [5.74, 6) is -0.509. The van der Waals surface area contributed by atoms with Crippen LogP contribution >= 0.6 is 11.3 Å². The Bertz CT molecular complexity index is 665. The molecule has 116 valence electrons. The van der Waals surface area contributed by atoms with Gasteiger partial charge in [0.05, 0.1) is 22.3 Å². The van der Waals surface area contributed by atoms with Gasteiger partial charge in [-0.15, -0.1) is 11.3 Å². The first kappa shape index (κ1) is 14.8. The van der Waals surface area contributed by atoms with Crippen LogP contribution < -0.4 is 5.73 Å². The minimum Gasteiger partial charge on any atom is -0.365 e. The van der Waals surface area contributed by atoms with E-state index in [-0.39, 0.29) is 11.9 Å². The van der Waals surface area contributed by atoms with E-state index in [1.165, 1.54) is 0 Å². The number of piperidine rings is 1. The number of nitrogens with two attached hydrogens (primary N) is 1. The number of likely N-dealkylation sites (tertiary alicyclic amines) is 1. The van der Waals surface area contributed by atoms with Crippen LogP contribution in [-0.4, -0.2) is 39.1 Å². The molecule has 1 aliphatic rings. The van der Waals surface area contributed by atoms with Crippen LogP contribution in [0.25, 0.3) is 0 Å². The molecule has 0 radical (unpaired) electrons. The van der Waals surface area contributed by atoms with Crippen molar-refractivity contribution in [3.63, 3.8) is 0 Å². The number of carbonyl (C=O) groups excluding carboxylic acids is 2. The van der Waals surface area contributed by atoms with Crippen molar-refractivity contribution in [1.82, 2.24) is 14.7 Å². The minimum absolute atomic E-state index is 0.0191. The number of rotatable bonds is 4. The Morgan fingerprint density at radius 1 is 1.32 bits per heavy atom. The zero-order chi connectivity index (χ0) is 15.5. The smallest absolute Gasteiger partial charge is 0.264 e. The van der Waals surface area contributed by atoms with E-state index >= 15 is 0 Å². The number of thiophene rings is 1. The molecule has 22 heavy (non-hydrogen) atoms. The highest BCUT2D eigenvalue weighted by molar-refractivity contribution is 7.15. The summed E-state index contributed by atoms with van der Waals surface area (Å²) in [6, 6.07) is 5.33. The lowest BCUT2D eigenvalue weighted by molar-refractivity contribution is 0.0589. The number of aromatic nitrogens is 2. The van der Waals surface area contributed by atoms with Crippen LogP contribution in [0.5, 0.6) is 0 Å². The Morgan fingerprint density at radius 2 is 2.14 bits per heavy atom. The first-order valence-corrected chi connectivity index (χ1v) is 8.15. The molecule has 0 aliphatic carbocycles. The molecule has 2 amide bonds. The maximum absolute atomic E-state index is 12.7. The van der Waals surface area contributed by atoms with Crippen molar-refractivity contribution in [2.45, 2.75) is 31.8 Å². The van der Waals surface area contributed by atoms with E-state index in [0.717, 1.165) is 37.1 Å². The van der Waals surface area contributed by atoms with Crippen molar-refractivity contribution < 1.29 is 9.59 Å². The fraction of sp³-hybridized carbons (Fsp3) is 0.400. The molecule has 6 nitrogen and oxygen atoms in total. The number of amides is 2.